The molecule has 0 amide bonds. The predicted octanol–water partition coefficient (Wildman–Crippen LogP) is 4.86. The van der Waals surface area contributed by atoms with Gasteiger partial charge in [-0.1, -0.05) is 32.0 Å². The van der Waals surface area contributed by atoms with Gasteiger partial charge in [-0.15, -0.1) is 0 Å². The maximum Gasteiger partial charge on any atom is 0.194 e. The van der Waals surface area contributed by atoms with Crippen molar-refractivity contribution in [2.24, 2.45) is 5.92 Å². The van der Waals surface area contributed by atoms with Gasteiger partial charge in [0.15, 0.2) is 5.78 Å². The molecule has 0 aliphatic carbocycles. The number of rotatable bonds is 4. The van der Waals surface area contributed by atoms with Crippen LogP contribution in [0.5, 0.6) is 0 Å². The molecule has 0 spiro atoms. The lowest BCUT2D eigenvalue weighted by Crippen LogP contribution is -2.05. The number of halogens is 2. The van der Waals surface area contributed by atoms with Crippen LogP contribution >= 0.6 is 22.6 Å². The van der Waals surface area contributed by atoms with Crippen LogP contribution in [0.1, 0.15) is 35.3 Å². The van der Waals surface area contributed by atoms with Crippen molar-refractivity contribution in [3.05, 3.63) is 68.5 Å². The van der Waals surface area contributed by atoms with Gasteiger partial charge in [0.1, 0.15) is 5.82 Å². The molecule has 20 heavy (non-hydrogen) atoms. The average molecular weight is 382 g/mol. The number of hydrogen-bond donors (Lipinski definition) is 0. The van der Waals surface area contributed by atoms with E-state index in [9.17, 15) is 9.18 Å². The molecule has 0 radical (unpaired) electrons. The van der Waals surface area contributed by atoms with Crippen molar-refractivity contribution in [1.29, 1.82) is 0 Å². The molecule has 0 atom stereocenters. The summed E-state index contributed by atoms with van der Waals surface area (Å²) in [6.07, 6.45) is 0.946. The largest absolute Gasteiger partial charge is 0.289 e. The molecule has 3 heteroatoms. The van der Waals surface area contributed by atoms with Crippen molar-refractivity contribution in [1.82, 2.24) is 0 Å². The average Bonchev–Trinajstić information content (AvgIpc) is 2.37. The van der Waals surface area contributed by atoms with Crippen molar-refractivity contribution in [2.75, 3.05) is 0 Å². The third-order valence-electron chi connectivity index (χ3n) is 3.01. The second kappa shape index (κ2) is 6.48. The fourth-order valence-corrected chi connectivity index (χ4v) is 2.86. The van der Waals surface area contributed by atoms with E-state index in [1.807, 2.05) is 46.9 Å². The normalized spacial score (nSPS) is 10.8. The molecule has 0 saturated carbocycles. The maximum atomic E-state index is 13.1. The first-order valence-electron chi connectivity index (χ1n) is 6.56. The quantitative estimate of drug-likeness (QED) is 0.545. The van der Waals surface area contributed by atoms with Gasteiger partial charge in [0.2, 0.25) is 0 Å². The number of benzene rings is 2. The van der Waals surface area contributed by atoms with Crippen LogP contribution in [-0.4, -0.2) is 5.78 Å². The molecule has 0 bridgehead atoms. The summed E-state index contributed by atoms with van der Waals surface area (Å²) in [5, 5.41) is 0. The minimum absolute atomic E-state index is 0.0555. The van der Waals surface area contributed by atoms with E-state index in [2.05, 4.69) is 13.8 Å². The zero-order chi connectivity index (χ0) is 14.7. The molecule has 2 aromatic rings. The summed E-state index contributed by atoms with van der Waals surface area (Å²) in [5.74, 6) is 0.172. The highest BCUT2D eigenvalue weighted by atomic mass is 127. The van der Waals surface area contributed by atoms with Gasteiger partial charge in [-0.3, -0.25) is 4.79 Å². The molecular weight excluding hydrogens is 366 g/mol. The van der Waals surface area contributed by atoms with Gasteiger partial charge in [0, 0.05) is 14.7 Å². The van der Waals surface area contributed by atoms with E-state index >= 15 is 0 Å². The summed E-state index contributed by atoms with van der Waals surface area (Å²) >= 11 is 2.00. The zero-order valence-corrected chi connectivity index (χ0v) is 13.6. The summed E-state index contributed by atoms with van der Waals surface area (Å²) in [6, 6.07) is 11.9. The highest BCUT2D eigenvalue weighted by Gasteiger charge is 2.13. The highest BCUT2D eigenvalue weighted by Crippen LogP contribution is 2.19. The second-order valence-corrected chi connectivity index (χ2v) is 6.41. The molecule has 2 aromatic carbocycles. The Hall–Kier alpha value is -1.23. The Morgan fingerprint density at radius 3 is 2.60 bits per heavy atom. The Kier molecular flexibility index (Phi) is 4.91. The van der Waals surface area contributed by atoms with E-state index in [4.69, 9.17) is 0 Å². The van der Waals surface area contributed by atoms with Crippen LogP contribution in [-0.2, 0) is 6.42 Å². The summed E-state index contributed by atoms with van der Waals surface area (Å²) in [6.45, 7) is 4.30. The molecule has 0 aromatic heterocycles. The Morgan fingerprint density at radius 2 is 1.95 bits per heavy atom. The molecule has 2 rings (SSSR count). The van der Waals surface area contributed by atoms with Gasteiger partial charge in [-0.2, -0.15) is 0 Å². The lowest BCUT2D eigenvalue weighted by atomic mass is 9.97. The van der Waals surface area contributed by atoms with Crippen LogP contribution in [0.15, 0.2) is 42.5 Å². The summed E-state index contributed by atoms with van der Waals surface area (Å²) in [7, 11) is 0. The van der Waals surface area contributed by atoms with Gasteiger partial charge in [-0.05, 0) is 64.8 Å². The van der Waals surface area contributed by atoms with Gasteiger partial charge in [-0.25, -0.2) is 4.39 Å². The number of carbonyl (C=O) groups excluding carboxylic acids is 1. The first kappa shape index (κ1) is 15.2. The number of hydrogen-bond acceptors (Lipinski definition) is 1. The summed E-state index contributed by atoms with van der Waals surface area (Å²) in [4.78, 5) is 12.5. The van der Waals surface area contributed by atoms with E-state index in [0.29, 0.717) is 20.6 Å². The topological polar surface area (TPSA) is 17.1 Å². The Labute approximate surface area is 132 Å². The van der Waals surface area contributed by atoms with E-state index < -0.39 is 0 Å². The fourth-order valence-electron chi connectivity index (χ4n) is 2.14. The standard InChI is InChI=1S/C17H16FIO/c1-11(2)8-12-4-3-5-13(9-12)17(20)15-7-6-14(18)10-16(15)19/h3-7,9-11H,8H2,1-2H3. The minimum atomic E-state index is -0.320. The first-order valence-corrected chi connectivity index (χ1v) is 7.64. The molecule has 104 valence electrons. The van der Waals surface area contributed by atoms with Crippen LogP contribution in [0.3, 0.4) is 0 Å². The number of ketones is 1. The van der Waals surface area contributed by atoms with Gasteiger partial charge >= 0.3 is 0 Å². The van der Waals surface area contributed by atoms with Gasteiger partial charge in [0.05, 0.1) is 0 Å². The van der Waals surface area contributed by atoms with E-state index in [-0.39, 0.29) is 11.6 Å². The second-order valence-electron chi connectivity index (χ2n) is 5.25. The first-order chi connectivity index (χ1) is 9.47. The van der Waals surface area contributed by atoms with Crippen molar-refractivity contribution in [3.63, 3.8) is 0 Å². The van der Waals surface area contributed by atoms with Crippen LogP contribution < -0.4 is 0 Å². The van der Waals surface area contributed by atoms with E-state index in [1.165, 1.54) is 12.1 Å². The van der Waals surface area contributed by atoms with Crippen LogP contribution in [0.25, 0.3) is 0 Å². The van der Waals surface area contributed by atoms with E-state index in [0.717, 1.165) is 12.0 Å². The summed E-state index contributed by atoms with van der Waals surface area (Å²) in [5.41, 5.74) is 2.37. The molecule has 0 heterocycles. The van der Waals surface area contributed by atoms with Crippen LogP contribution in [0.4, 0.5) is 4.39 Å². The molecule has 0 unspecified atom stereocenters. The lowest BCUT2D eigenvalue weighted by molar-refractivity contribution is 0.103. The maximum absolute atomic E-state index is 13.1. The van der Waals surface area contributed by atoms with Gasteiger partial charge in [0.25, 0.3) is 0 Å². The minimum Gasteiger partial charge on any atom is -0.289 e. The predicted molar refractivity (Wildman–Crippen MR) is 87.5 cm³/mol. The molecule has 0 aliphatic heterocycles. The fraction of sp³-hybridized carbons (Fsp3) is 0.235. The van der Waals surface area contributed by atoms with Crippen LogP contribution in [0, 0.1) is 15.3 Å². The lowest BCUT2D eigenvalue weighted by Gasteiger charge is -2.08. The van der Waals surface area contributed by atoms with Crippen molar-refractivity contribution in [2.45, 2.75) is 20.3 Å². The Bertz CT molecular complexity index is 635. The highest BCUT2D eigenvalue weighted by molar-refractivity contribution is 14.1. The monoisotopic (exact) mass is 382 g/mol. The SMILES string of the molecule is CC(C)Cc1cccc(C(=O)c2ccc(F)cc2I)c1. The molecule has 0 N–H and O–H groups in total. The van der Waals surface area contributed by atoms with Crippen molar-refractivity contribution in [3.8, 4) is 0 Å². The smallest absolute Gasteiger partial charge is 0.194 e. The molecule has 0 fully saturated rings. The third-order valence-corrected chi connectivity index (χ3v) is 3.90. The Morgan fingerprint density at radius 1 is 1.20 bits per heavy atom. The van der Waals surface area contributed by atoms with Crippen molar-refractivity contribution >= 4 is 28.4 Å². The third kappa shape index (κ3) is 3.66. The van der Waals surface area contributed by atoms with Crippen LogP contribution in [0.2, 0.25) is 0 Å². The summed E-state index contributed by atoms with van der Waals surface area (Å²) < 4.78 is 13.7. The molecule has 0 saturated heterocycles. The molecular formula is C17H16FIO. The van der Waals surface area contributed by atoms with Gasteiger partial charge < -0.3 is 0 Å². The molecule has 1 nitrogen and oxygen atoms in total. The zero-order valence-electron chi connectivity index (χ0n) is 11.5. The van der Waals surface area contributed by atoms with E-state index in [1.54, 1.807) is 6.07 Å². The van der Waals surface area contributed by atoms with Crippen molar-refractivity contribution < 1.29 is 9.18 Å². The molecule has 0 aliphatic rings. The number of carbonyl (C=O) groups is 1. The Balaban J connectivity index is 2.33.